The molecular weight excluding hydrogens is 359 g/mol. The molecule has 1 saturated heterocycles. The Morgan fingerprint density at radius 2 is 2.00 bits per heavy atom. The number of piperidine rings is 1. The summed E-state index contributed by atoms with van der Waals surface area (Å²) in [7, 11) is 0. The Balaban J connectivity index is 2.02. The summed E-state index contributed by atoms with van der Waals surface area (Å²) in [6.45, 7) is 6.47. The van der Waals surface area contributed by atoms with E-state index < -0.39 is 23.4 Å². The van der Waals surface area contributed by atoms with Crippen LogP contribution in [0.5, 0.6) is 0 Å². The topological polar surface area (TPSA) is 57.8 Å². The number of hydrogen-bond donors (Lipinski definition) is 1. The average molecular weight is 383 g/mol. The van der Waals surface area contributed by atoms with Gasteiger partial charge >= 0.3 is 12.3 Å². The molecule has 8 heteroatoms. The van der Waals surface area contributed by atoms with Crippen molar-refractivity contribution in [1.29, 1.82) is 0 Å². The largest absolute Gasteiger partial charge is 0.465 e. The van der Waals surface area contributed by atoms with Gasteiger partial charge in [-0.25, -0.2) is 9.78 Å². The van der Waals surface area contributed by atoms with Gasteiger partial charge in [-0.1, -0.05) is 20.8 Å². The molecule has 27 heavy (non-hydrogen) atoms. The van der Waals surface area contributed by atoms with E-state index in [0.717, 1.165) is 25.0 Å². The molecule has 1 amide bonds. The van der Waals surface area contributed by atoms with E-state index in [1.54, 1.807) is 10.6 Å². The molecule has 0 bridgehead atoms. The monoisotopic (exact) mass is 383 g/mol. The molecule has 0 spiro atoms. The maximum absolute atomic E-state index is 12.9. The number of imidazole rings is 1. The highest BCUT2D eigenvalue weighted by Gasteiger charge is 2.50. The zero-order valence-electron chi connectivity index (χ0n) is 15.7. The van der Waals surface area contributed by atoms with Crippen molar-refractivity contribution >= 4 is 11.7 Å². The summed E-state index contributed by atoms with van der Waals surface area (Å²) in [4.78, 5) is 17.8. The van der Waals surface area contributed by atoms with Crippen molar-refractivity contribution in [3.63, 3.8) is 0 Å². The molecule has 3 heterocycles. The Hall–Kier alpha value is -2.25. The number of carbonyl (C=O) groups is 1. The summed E-state index contributed by atoms with van der Waals surface area (Å²) >= 11 is 0. The molecule has 0 radical (unpaired) electrons. The minimum atomic E-state index is -4.43. The molecule has 1 atom stereocenters. The number of fused-ring (bicyclic) bond motifs is 1. The second kappa shape index (κ2) is 6.42. The molecule has 1 aliphatic rings. The van der Waals surface area contributed by atoms with Crippen LogP contribution in [0.3, 0.4) is 0 Å². The van der Waals surface area contributed by atoms with Crippen LogP contribution in [0.4, 0.5) is 18.0 Å². The van der Waals surface area contributed by atoms with Crippen LogP contribution in [0.25, 0.3) is 5.65 Å². The summed E-state index contributed by atoms with van der Waals surface area (Å²) in [5, 5.41) is 9.76. The number of likely N-dealkylation sites (tertiary alicyclic amines) is 1. The lowest BCUT2D eigenvalue weighted by molar-refractivity contribution is -0.137. The normalized spacial score (nSPS) is 21.6. The Morgan fingerprint density at radius 1 is 1.30 bits per heavy atom. The fourth-order valence-electron chi connectivity index (χ4n) is 4.14. The highest BCUT2D eigenvalue weighted by Crippen LogP contribution is 2.45. The van der Waals surface area contributed by atoms with Gasteiger partial charge in [-0.2, -0.15) is 13.2 Å². The van der Waals surface area contributed by atoms with Crippen LogP contribution in [0.1, 0.15) is 51.3 Å². The van der Waals surface area contributed by atoms with E-state index in [2.05, 4.69) is 4.98 Å². The fourth-order valence-corrected chi connectivity index (χ4v) is 4.14. The van der Waals surface area contributed by atoms with Crippen molar-refractivity contribution in [1.82, 2.24) is 14.3 Å². The molecular formula is C19H24F3N3O2. The number of rotatable bonds is 2. The van der Waals surface area contributed by atoms with Crippen LogP contribution in [-0.4, -0.2) is 37.6 Å². The first-order valence-electron chi connectivity index (χ1n) is 8.99. The fraction of sp³-hybridized carbons (Fsp3) is 0.579. The number of hydrogen-bond acceptors (Lipinski definition) is 2. The van der Waals surface area contributed by atoms with Crippen molar-refractivity contribution in [3.05, 3.63) is 35.8 Å². The van der Waals surface area contributed by atoms with E-state index in [1.165, 1.54) is 11.1 Å². The molecule has 0 saturated carbocycles. The van der Waals surface area contributed by atoms with Gasteiger partial charge in [0.2, 0.25) is 0 Å². The van der Waals surface area contributed by atoms with Gasteiger partial charge in [-0.3, -0.25) is 0 Å². The molecule has 2 aromatic heterocycles. The molecule has 148 valence electrons. The minimum Gasteiger partial charge on any atom is -0.465 e. The summed E-state index contributed by atoms with van der Waals surface area (Å²) < 4.78 is 40.4. The number of nitrogens with zero attached hydrogens (tertiary/aromatic N) is 3. The number of pyridine rings is 1. The van der Waals surface area contributed by atoms with Crippen LogP contribution in [0.15, 0.2) is 24.5 Å². The molecule has 1 fully saturated rings. The second-order valence-electron chi connectivity index (χ2n) is 8.26. The van der Waals surface area contributed by atoms with Crippen LogP contribution >= 0.6 is 0 Å². The summed E-state index contributed by atoms with van der Waals surface area (Å²) in [5.74, 6) is 0. The molecule has 0 unspecified atom stereocenters. The number of halogens is 3. The van der Waals surface area contributed by atoms with Gasteiger partial charge in [0.05, 0.1) is 16.8 Å². The Kier molecular flexibility index (Phi) is 4.64. The second-order valence-corrected chi connectivity index (χ2v) is 8.26. The lowest BCUT2D eigenvalue weighted by Gasteiger charge is -2.53. The van der Waals surface area contributed by atoms with Crippen molar-refractivity contribution in [2.45, 2.75) is 58.2 Å². The Bertz CT molecular complexity index is 854. The van der Waals surface area contributed by atoms with Crippen LogP contribution in [0.2, 0.25) is 0 Å². The van der Waals surface area contributed by atoms with Crippen LogP contribution in [-0.2, 0) is 12.6 Å². The van der Waals surface area contributed by atoms with Gasteiger partial charge in [-0.05, 0) is 36.8 Å². The average Bonchev–Trinajstić information content (AvgIpc) is 2.94. The zero-order chi connectivity index (χ0) is 20.0. The molecule has 3 rings (SSSR count). The lowest BCUT2D eigenvalue weighted by atomic mass is 9.65. The third-order valence-corrected chi connectivity index (χ3v) is 5.68. The van der Waals surface area contributed by atoms with E-state index in [-0.39, 0.29) is 11.1 Å². The zero-order valence-corrected chi connectivity index (χ0v) is 15.7. The van der Waals surface area contributed by atoms with E-state index in [0.29, 0.717) is 25.1 Å². The lowest BCUT2D eigenvalue weighted by Crippen LogP contribution is -2.62. The Morgan fingerprint density at radius 3 is 2.59 bits per heavy atom. The predicted octanol–water partition coefficient (Wildman–Crippen LogP) is 4.84. The van der Waals surface area contributed by atoms with Gasteiger partial charge in [0.25, 0.3) is 0 Å². The number of aromatic nitrogens is 2. The van der Waals surface area contributed by atoms with E-state index in [4.69, 9.17) is 0 Å². The number of carboxylic acid groups (broad SMARTS) is 1. The molecule has 1 aliphatic heterocycles. The summed E-state index contributed by atoms with van der Waals surface area (Å²) in [5.41, 5.74) is -0.942. The number of amides is 1. The van der Waals surface area contributed by atoms with Crippen molar-refractivity contribution < 1.29 is 23.1 Å². The minimum absolute atomic E-state index is 0.210. The molecule has 5 nitrogen and oxygen atoms in total. The highest BCUT2D eigenvalue weighted by atomic mass is 19.4. The highest BCUT2D eigenvalue weighted by molar-refractivity contribution is 5.66. The van der Waals surface area contributed by atoms with E-state index >= 15 is 0 Å². The Labute approximate surface area is 155 Å². The molecule has 0 aliphatic carbocycles. The first kappa shape index (κ1) is 19.5. The quantitative estimate of drug-likeness (QED) is 0.807. The van der Waals surface area contributed by atoms with E-state index in [9.17, 15) is 23.1 Å². The summed E-state index contributed by atoms with van der Waals surface area (Å²) in [6.07, 6.45) is 0.427. The molecule has 1 N–H and O–H groups in total. The SMILES string of the molecule is CC(C)(C)[C@@]1(Cc2cn3ccc(C(F)(F)F)cc3n2)CCCCN1C(=O)O. The van der Waals surface area contributed by atoms with Gasteiger partial charge in [0.15, 0.2) is 0 Å². The van der Waals surface area contributed by atoms with Gasteiger partial charge < -0.3 is 14.4 Å². The van der Waals surface area contributed by atoms with Crippen molar-refractivity contribution in [2.75, 3.05) is 6.54 Å². The summed E-state index contributed by atoms with van der Waals surface area (Å²) in [6, 6.07) is 2.03. The standard InChI is InChI=1S/C19H24F3N3O2/c1-17(2,3)18(7-4-5-8-25(18)16(26)27)11-14-12-24-9-6-13(19(20,21)22)10-15(24)23-14/h6,9-10,12H,4-5,7-8,11H2,1-3H3,(H,26,27)/t18-/m0/s1. The van der Waals surface area contributed by atoms with Gasteiger partial charge in [0.1, 0.15) is 5.65 Å². The third kappa shape index (κ3) is 3.49. The van der Waals surface area contributed by atoms with Crippen LogP contribution in [0, 0.1) is 5.41 Å². The van der Waals surface area contributed by atoms with Gasteiger partial charge in [-0.15, -0.1) is 0 Å². The first-order valence-corrected chi connectivity index (χ1v) is 8.99. The predicted molar refractivity (Wildman–Crippen MR) is 94.7 cm³/mol. The van der Waals surface area contributed by atoms with Crippen molar-refractivity contribution in [2.24, 2.45) is 5.41 Å². The maximum Gasteiger partial charge on any atom is 0.416 e. The third-order valence-electron chi connectivity index (χ3n) is 5.68. The maximum atomic E-state index is 12.9. The number of alkyl halides is 3. The smallest absolute Gasteiger partial charge is 0.416 e. The first-order chi connectivity index (χ1) is 12.4. The van der Waals surface area contributed by atoms with Crippen molar-refractivity contribution in [3.8, 4) is 0 Å². The van der Waals surface area contributed by atoms with Crippen LogP contribution < -0.4 is 0 Å². The molecule has 0 aromatic carbocycles. The molecule has 2 aromatic rings. The van der Waals surface area contributed by atoms with Gasteiger partial charge in [0, 0.05) is 25.4 Å². The van der Waals surface area contributed by atoms with E-state index in [1.807, 2.05) is 20.8 Å².